The third kappa shape index (κ3) is 5.40. The number of fused-ring (bicyclic) bond motifs is 2. The van der Waals surface area contributed by atoms with E-state index in [1.54, 1.807) is 23.0 Å². The second-order valence-corrected chi connectivity index (χ2v) is 12.7. The number of aryl methyl sites for hydroxylation is 1. The molecular weight excluding hydrogens is 575 g/mol. The Morgan fingerprint density at radius 3 is 2.62 bits per heavy atom. The maximum absolute atomic E-state index is 15.6. The number of carbonyl (C=O) groups excluding carboxylic acids is 2. The molecule has 45 heavy (non-hydrogen) atoms. The van der Waals surface area contributed by atoms with Crippen LogP contribution in [0.15, 0.2) is 30.5 Å². The molecule has 4 aromatic heterocycles. The van der Waals surface area contributed by atoms with Gasteiger partial charge in [-0.1, -0.05) is 0 Å². The summed E-state index contributed by atoms with van der Waals surface area (Å²) in [5, 5.41) is 13.8. The topological polar surface area (TPSA) is 112 Å². The third-order valence-electron chi connectivity index (χ3n) is 9.65. The van der Waals surface area contributed by atoms with Gasteiger partial charge in [0.15, 0.2) is 0 Å². The van der Waals surface area contributed by atoms with Crippen molar-refractivity contribution in [3.05, 3.63) is 47.4 Å². The Balaban J connectivity index is 1.22. The molecule has 0 spiro atoms. The predicted octanol–water partition coefficient (Wildman–Crippen LogP) is 5.13. The molecule has 0 bridgehead atoms. The first-order valence-corrected chi connectivity index (χ1v) is 15.8. The number of ether oxygens (including phenoxy) is 1. The van der Waals surface area contributed by atoms with Crippen LogP contribution in [-0.2, 0) is 11.3 Å². The molecule has 2 aliphatic heterocycles. The van der Waals surface area contributed by atoms with E-state index in [0.29, 0.717) is 41.4 Å². The molecule has 0 radical (unpaired) electrons. The molecule has 0 unspecified atom stereocenters. The molecule has 0 aromatic carbocycles. The Kier molecular flexibility index (Phi) is 7.45. The van der Waals surface area contributed by atoms with E-state index < -0.39 is 5.82 Å². The van der Waals surface area contributed by atoms with Gasteiger partial charge in [-0.2, -0.15) is 5.10 Å². The largest absolute Gasteiger partial charge is 0.453 e. The average molecular weight is 615 g/mol. The Bertz CT molecular complexity index is 1820. The zero-order valence-corrected chi connectivity index (χ0v) is 26.1. The molecule has 1 N–H and O–H groups in total. The minimum atomic E-state index is -0.490. The van der Waals surface area contributed by atoms with Gasteiger partial charge in [0.1, 0.15) is 28.5 Å². The first kappa shape index (κ1) is 29.2. The number of halogens is 1. The molecule has 12 heteroatoms. The summed E-state index contributed by atoms with van der Waals surface area (Å²) in [6, 6.07) is 7.66. The summed E-state index contributed by atoms with van der Waals surface area (Å²) in [5.41, 5.74) is 4.25. The second-order valence-electron chi connectivity index (χ2n) is 12.7. The van der Waals surface area contributed by atoms with E-state index >= 15 is 4.39 Å². The van der Waals surface area contributed by atoms with Crippen LogP contribution in [0, 0.1) is 24.1 Å². The van der Waals surface area contributed by atoms with Gasteiger partial charge in [0.2, 0.25) is 0 Å². The Morgan fingerprint density at radius 2 is 1.91 bits per heavy atom. The Labute approximate surface area is 261 Å². The minimum absolute atomic E-state index is 0.130. The van der Waals surface area contributed by atoms with Gasteiger partial charge in [-0.3, -0.25) is 4.79 Å². The molecular formula is C33H39FN8O3. The van der Waals surface area contributed by atoms with Crippen molar-refractivity contribution < 1.29 is 18.7 Å². The molecule has 0 atom stereocenters. The lowest BCUT2D eigenvalue weighted by Crippen LogP contribution is -2.45. The summed E-state index contributed by atoms with van der Waals surface area (Å²) in [6.07, 6.45) is 6.72. The summed E-state index contributed by atoms with van der Waals surface area (Å²) in [6.45, 7) is 5.09. The van der Waals surface area contributed by atoms with Crippen molar-refractivity contribution in [2.24, 2.45) is 5.92 Å². The highest BCUT2D eigenvalue weighted by molar-refractivity contribution is 5.98. The van der Waals surface area contributed by atoms with E-state index in [-0.39, 0.29) is 30.2 Å². The molecule has 4 aromatic rings. The molecule has 2 saturated heterocycles. The van der Waals surface area contributed by atoms with Gasteiger partial charge >= 0.3 is 6.09 Å². The number of nitrogens with one attached hydrogen (secondary N) is 1. The zero-order chi connectivity index (χ0) is 31.4. The normalized spacial score (nSPS) is 17.8. The first-order chi connectivity index (χ1) is 21.7. The van der Waals surface area contributed by atoms with Crippen LogP contribution in [0.2, 0.25) is 0 Å². The van der Waals surface area contributed by atoms with E-state index in [4.69, 9.17) is 20.2 Å². The summed E-state index contributed by atoms with van der Waals surface area (Å²) in [5.74, 6) is 0.692. The van der Waals surface area contributed by atoms with Crippen LogP contribution < -0.4 is 4.90 Å². The zero-order valence-electron chi connectivity index (χ0n) is 26.1. The monoisotopic (exact) mass is 614 g/mol. The fourth-order valence-corrected chi connectivity index (χ4v) is 6.87. The van der Waals surface area contributed by atoms with Gasteiger partial charge in [-0.15, -0.1) is 0 Å². The summed E-state index contributed by atoms with van der Waals surface area (Å²) in [4.78, 5) is 36.0. The smallest absolute Gasteiger partial charge is 0.409 e. The van der Waals surface area contributed by atoms with Gasteiger partial charge in [0.25, 0.3) is 5.91 Å². The number of pyridine rings is 2. The molecule has 2 amide bonds. The van der Waals surface area contributed by atoms with Crippen LogP contribution in [0.3, 0.4) is 0 Å². The van der Waals surface area contributed by atoms with E-state index in [1.807, 2.05) is 13.0 Å². The van der Waals surface area contributed by atoms with Crippen molar-refractivity contribution in [3.63, 3.8) is 0 Å². The molecule has 236 valence electrons. The number of hydrogen-bond donors (Lipinski definition) is 1. The highest BCUT2D eigenvalue weighted by Gasteiger charge is 2.30. The van der Waals surface area contributed by atoms with Gasteiger partial charge < -0.3 is 29.4 Å². The number of hydrogen-bond acceptors (Lipinski definition) is 7. The van der Waals surface area contributed by atoms with Crippen molar-refractivity contribution in [1.82, 2.24) is 29.0 Å². The number of amides is 2. The second kappa shape index (κ2) is 11.5. The highest BCUT2D eigenvalue weighted by atomic mass is 19.1. The number of likely N-dealkylation sites (tertiary alicyclic amines) is 1. The number of carbonyl (C=O) groups is 2. The minimum Gasteiger partial charge on any atom is -0.453 e. The lowest BCUT2D eigenvalue weighted by molar-refractivity contribution is 0.0767. The van der Waals surface area contributed by atoms with E-state index in [2.05, 4.69) is 21.6 Å². The van der Waals surface area contributed by atoms with Crippen molar-refractivity contribution in [3.8, 4) is 11.4 Å². The van der Waals surface area contributed by atoms with Gasteiger partial charge in [-0.05, 0) is 75.6 Å². The summed E-state index contributed by atoms with van der Waals surface area (Å²) < 4.78 is 24.3. The van der Waals surface area contributed by atoms with Crippen LogP contribution in [0.4, 0.5) is 15.0 Å². The van der Waals surface area contributed by atoms with Crippen molar-refractivity contribution in [1.29, 1.82) is 5.41 Å². The van der Waals surface area contributed by atoms with Crippen molar-refractivity contribution in [2.45, 2.75) is 58.0 Å². The van der Waals surface area contributed by atoms with E-state index in [0.717, 1.165) is 74.3 Å². The van der Waals surface area contributed by atoms with Crippen LogP contribution in [0.1, 0.15) is 54.4 Å². The van der Waals surface area contributed by atoms with Gasteiger partial charge in [-0.25, -0.2) is 18.7 Å². The molecule has 7 rings (SSSR count). The molecule has 11 nitrogen and oxygen atoms in total. The summed E-state index contributed by atoms with van der Waals surface area (Å²) in [7, 11) is 3.20. The van der Waals surface area contributed by atoms with Crippen molar-refractivity contribution in [2.75, 3.05) is 45.2 Å². The molecule has 1 saturated carbocycles. The van der Waals surface area contributed by atoms with Gasteiger partial charge in [0.05, 0.1) is 24.9 Å². The number of nitrogens with zero attached hydrogens (tertiary/aromatic N) is 7. The molecule has 3 aliphatic rings. The van der Waals surface area contributed by atoms with Crippen LogP contribution >= 0.6 is 0 Å². The van der Waals surface area contributed by atoms with Crippen LogP contribution in [-0.4, -0.2) is 93.1 Å². The number of methoxy groups -OCH3 is 1. The average Bonchev–Trinajstić information content (AvgIpc) is 3.72. The standard InChI is InChI=1S/C33H39FN8O3/c1-20-29(37-42-18-23(15-26(34)30(20)42)32(43)40-12-4-5-24(35)19-40)27-16-22-8-9-28(36-31(22)41(27)17-21-6-7-21)39-13-10-25(11-14-39)38(2)33(44)45-3/h8-9,15-16,18,21,25,35H,4-7,10-14,17,19H2,1-3H3. The third-order valence-corrected chi connectivity index (χ3v) is 9.65. The van der Waals surface area contributed by atoms with E-state index in [9.17, 15) is 9.59 Å². The Morgan fingerprint density at radius 1 is 1.13 bits per heavy atom. The number of aromatic nitrogens is 4. The Hall–Kier alpha value is -4.48. The lowest BCUT2D eigenvalue weighted by Gasteiger charge is -2.36. The van der Waals surface area contributed by atoms with Crippen molar-refractivity contribution >= 4 is 40.1 Å². The fourth-order valence-electron chi connectivity index (χ4n) is 6.87. The number of anilines is 1. The number of rotatable bonds is 6. The lowest BCUT2D eigenvalue weighted by atomic mass is 10.0. The maximum atomic E-state index is 15.6. The highest BCUT2D eigenvalue weighted by Crippen LogP contribution is 2.38. The van der Waals surface area contributed by atoms with E-state index in [1.165, 1.54) is 17.7 Å². The van der Waals surface area contributed by atoms with Crippen LogP contribution in [0.5, 0.6) is 0 Å². The quantitative estimate of drug-likeness (QED) is 0.322. The molecule has 1 aliphatic carbocycles. The van der Waals surface area contributed by atoms with Crippen LogP contribution in [0.25, 0.3) is 27.9 Å². The molecule has 6 heterocycles. The number of piperidine rings is 2. The first-order valence-electron chi connectivity index (χ1n) is 15.8. The predicted molar refractivity (Wildman–Crippen MR) is 170 cm³/mol. The maximum Gasteiger partial charge on any atom is 0.409 e. The van der Waals surface area contributed by atoms with Gasteiger partial charge in [0, 0.05) is 62.1 Å². The SMILES string of the molecule is COC(=O)N(C)C1CCN(c2ccc3cc(-c4nn5cc(C(=O)N6CCCC(=N)C6)cc(F)c5c4C)n(CC4CC4)c3n2)CC1. The fraction of sp³-hybridized carbons (Fsp3) is 0.485. The molecule has 3 fully saturated rings. The summed E-state index contributed by atoms with van der Waals surface area (Å²) >= 11 is 0.